The normalized spacial score (nSPS) is 22.7. The van der Waals surface area contributed by atoms with Crippen LogP contribution in [0.3, 0.4) is 0 Å². The molecular weight excluding hydrogens is 292 g/mol. The standard InChI is InChI=1S/C18H20N2O3/c21-15-8-12(9-16(22)19-15)10-17(23)20-11-18(6-3-7-18)13-4-1-2-5-14(13)20/h1-2,4-5,12H,3,6-11H2,(H,19,21,22). The first-order valence-corrected chi connectivity index (χ1v) is 8.30. The van der Waals surface area contributed by atoms with Crippen LogP contribution < -0.4 is 10.2 Å². The Hall–Kier alpha value is -2.17. The van der Waals surface area contributed by atoms with Crippen molar-refractivity contribution in [3.05, 3.63) is 29.8 Å². The summed E-state index contributed by atoms with van der Waals surface area (Å²) < 4.78 is 0. The number of imide groups is 1. The Morgan fingerprint density at radius 1 is 1.17 bits per heavy atom. The summed E-state index contributed by atoms with van der Waals surface area (Å²) in [7, 11) is 0. The summed E-state index contributed by atoms with van der Waals surface area (Å²) in [6, 6.07) is 8.16. The summed E-state index contributed by atoms with van der Waals surface area (Å²) in [4.78, 5) is 37.7. The minimum Gasteiger partial charge on any atom is -0.311 e. The van der Waals surface area contributed by atoms with Gasteiger partial charge in [-0.1, -0.05) is 24.6 Å². The highest BCUT2D eigenvalue weighted by Gasteiger charge is 2.48. The quantitative estimate of drug-likeness (QED) is 0.848. The summed E-state index contributed by atoms with van der Waals surface area (Å²) in [5.41, 5.74) is 2.45. The summed E-state index contributed by atoms with van der Waals surface area (Å²) in [5, 5.41) is 2.30. The maximum Gasteiger partial charge on any atom is 0.227 e. The number of rotatable bonds is 2. The SMILES string of the molecule is O=C1CC(CC(=O)N2CC3(CCC3)c3ccccc32)CC(=O)N1. The van der Waals surface area contributed by atoms with E-state index in [9.17, 15) is 14.4 Å². The second-order valence-electron chi connectivity index (χ2n) is 7.08. The highest BCUT2D eigenvalue weighted by Crippen LogP contribution is 2.52. The smallest absolute Gasteiger partial charge is 0.227 e. The number of carbonyl (C=O) groups is 3. The molecule has 1 N–H and O–H groups in total. The summed E-state index contributed by atoms with van der Waals surface area (Å²) in [5.74, 6) is -0.671. The van der Waals surface area contributed by atoms with Crippen molar-refractivity contribution in [3.63, 3.8) is 0 Å². The molecule has 2 heterocycles. The van der Waals surface area contributed by atoms with Crippen LogP contribution in [0, 0.1) is 5.92 Å². The Labute approximate surface area is 135 Å². The summed E-state index contributed by atoms with van der Waals surface area (Å²) in [6.45, 7) is 0.748. The van der Waals surface area contributed by atoms with E-state index in [2.05, 4.69) is 11.4 Å². The van der Waals surface area contributed by atoms with Crippen LogP contribution >= 0.6 is 0 Å². The molecule has 120 valence electrons. The minimum atomic E-state index is -0.267. The van der Waals surface area contributed by atoms with Crippen molar-refractivity contribution < 1.29 is 14.4 Å². The second kappa shape index (κ2) is 5.18. The van der Waals surface area contributed by atoms with E-state index in [1.807, 2.05) is 23.1 Å². The average molecular weight is 312 g/mol. The number of nitrogens with one attached hydrogen (secondary N) is 1. The van der Waals surface area contributed by atoms with Crippen molar-refractivity contribution in [1.29, 1.82) is 0 Å². The lowest BCUT2D eigenvalue weighted by Gasteiger charge is -2.39. The van der Waals surface area contributed by atoms with E-state index in [0.717, 1.165) is 25.1 Å². The van der Waals surface area contributed by atoms with Crippen molar-refractivity contribution in [2.75, 3.05) is 11.4 Å². The molecule has 4 rings (SSSR count). The first-order chi connectivity index (χ1) is 11.1. The van der Waals surface area contributed by atoms with Gasteiger partial charge in [0.15, 0.2) is 0 Å². The maximum absolute atomic E-state index is 12.8. The second-order valence-corrected chi connectivity index (χ2v) is 7.08. The van der Waals surface area contributed by atoms with Gasteiger partial charge < -0.3 is 4.90 Å². The number of nitrogens with zero attached hydrogens (tertiary/aromatic N) is 1. The molecule has 1 aromatic rings. The molecule has 0 bridgehead atoms. The molecule has 5 nitrogen and oxygen atoms in total. The first-order valence-electron chi connectivity index (χ1n) is 8.30. The highest BCUT2D eigenvalue weighted by molar-refractivity contribution is 6.00. The third-order valence-electron chi connectivity index (χ3n) is 5.53. The predicted octanol–water partition coefficient (Wildman–Crippen LogP) is 1.90. The van der Waals surface area contributed by atoms with Gasteiger partial charge in [0.2, 0.25) is 17.7 Å². The van der Waals surface area contributed by atoms with Gasteiger partial charge >= 0.3 is 0 Å². The van der Waals surface area contributed by atoms with Crippen LogP contribution in [0.4, 0.5) is 5.69 Å². The minimum absolute atomic E-state index is 0.0359. The van der Waals surface area contributed by atoms with Crippen LogP contribution in [0.25, 0.3) is 0 Å². The van der Waals surface area contributed by atoms with Crippen molar-refractivity contribution in [1.82, 2.24) is 5.32 Å². The molecule has 0 atom stereocenters. The van der Waals surface area contributed by atoms with Gasteiger partial charge in [0, 0.05) is 36.9 Å². The number of para-hydroxylation sites is 1. The van der Waals surface area contributed by atoms with Gasteiger partial charge in [0.05, 0.1) is 0 Å². The number of piperidine rings is 1. The Morgan fingerprint density at radius 3 is 2.52 bits per heavy atom. The number of carbonyl (C=O) groups excluding carboxylic acids is 3. The average Bonchev–Trinajstić information content (AvgIpc) is 2.81. The number of anilines is 1. The molecule has 23 heavy (non-hydrogen) atoms. The largest absolute Gasteiger partial charge is 0.311 e. The third kappa shape index (κ3) is 2.35. The third-order valence-corrected chi connectivity index (χ3v) is 5.53. The fourth-order valence-corrected chi connectivity index (χ4v) is 4.24. The number of fused-ring (bicyclic) bond motifs is 2. The van der Waals surface area contributed by atoms with Gasteiger partial charge in [-0.05, 0) is 30.4 Å². The summed E-state index contributed by atoms with van der Waals surface area (Å²) >= 11 is 0. The van der Waals surface area contributed by atoms with E-state index in [-0.39, 0.29) is 48.3 Å². The van der Waals surface area contributed by atoms with Gasteiger partial charge in [-0.25, -0.2) is 0 Å². The topological polar surface area (TPSA) is 66.5 Å². The lowest BCUT2D eigenvalue weighted by molar-refractivity contribution is -0.135. The molecule has 3 amide bonds. The van der Waals surface area contributed by atoms with Crippen molar-refractivity contribution in [2.24, 2.45) is 5.92 Å². The van der Waals surface area contributed by atoms with Crippen molar-refractivity contribution >= 4 is 23.4 Å². The molecule has 5 heteroatoms. The van der Waals surface area contributed by atoms with Crippen LogP contribution in [-0.2, 0) is 19.8 Å². The zero-order chi connectivity index (χ0) is 16.0. The van der Waals surface area contributed by atoms with Crippen LogP contribution in [0.5, 0.6) is 0 Å². The van der Waals surface area contributed by atoms with E-state index in [1.54, 1.807) is 0 Å². The zero-order valence-corrected chi connectivity index (χ0v) is 13.0. The maximum atomic E-state index is 12.8. The Kier molecular flexibility index (Phi) is 3.25. The van der Waals surface area contributed by atoms with Crippen LogP contribution in [-0.4, -0.2) is 24.3 Å². The van der Waals surface area contributed by atoms with E-state index < -0.39 is 0 Å². The first kappa shape index (κ1) is 14.4. The van der Waals surface area contributed by atoms with E-state index in [0.29, 0.717) is 0 Å². The van der Waals surface area contributed by atoms with Gasteiger partial charge in [-0.2, -0.15) is 0 Å². The van der Waals surface area contributed by atoms with E-state index >= 15 is 0 Å². The molecule has 1 saturated carbocycles. The fraction of sp³-hybridized carbons (Fsp3) is 0.500. The lowest BCUT2D eigenvalue weighted by atomic mass is 9.66. The molecule has 2 aliphatic heterocycles. The highest BCUT2D eigenvalue weighted by atomic mass is 16.2. The molecule has 1 saturated heterocycles. The summed E-state index contributed by atoms with van der Waals surface area (Å²) in [6.07, 6.45) is 4.28. The molecule has 1 spiro atoms. The van der Waals surface area contributed by atoms with Crippen LogP contribution in [0.15, 0.2) is 24.3 Å². The molecule has 3 aliphatic rings. The lowest BCUT2D eigenvalue weighted by Crippen LogP contribution is -2.43. The Bertz CT molecular complexity index is 677. The number of hydrogen-bond acceptors (Lipinski definition) is 3. The fourth-order valence-electron chi connectivity index (χ4n) is 4.24. The molecule has 0 radical (unpaired) electrons. The molecule has 1 aromatic carbocycles. The van der Waals surface area contributed by atoms with E-state index in [4.69, 9.17) is 0 Å². The Morgan fingerprint density at radius 2 is 1.87 bits per heavy atom. The van der Waals surface area contributed by atoms with Crippen LogP contribution in [0.1, 0.15) is 44.1 Å². The van der Waals surface area contributed by atoms with Crippen molar-refractivity contribution in [3.8, 4) is 0 Å². The van der Waals surface area contributed by atoms with Gasteiger partial charge in [-0.15, -0.1) is 0 Å². The molecule has 0 unspecified atom stereocenters. The number of benzene rings is 1. The van der Waals surface area contributed by atoms with Gasteiger partial charge in [-0.3, -0.25) is 19.7 Å². The number of hydrogen-bond donors (Lipinski definition) is 1. The number of amides is 3. The van der Waals surface area contributed by atoms with Gasteiger partial charge in [0.1, 0.15) is 0 Å². The van der Waals surface area contributed by atoms with E-state index in [1.165, 1.54) is 12.0 Å². The molecule has 2 fully saturated rings. The predicted molar refractivity (Wildman–Crippen MR) is 84.8 cm³/mol. The van der Waals surface area contributed by atoms with Crippen LogP contribution in [0.2, 0.25) is 0 Å². The molecule has 0 aromatic heterocycles. The zero-order valence-electron chi connectivity index (χ0n) is 13.0. The monoisotopic (exact) mass is 312 g/mol. The molecular formula is C18H20N2O3. The van der Waals surface area contributed by atoms with Crippen molar-refractivity contribution in [2.45, 2.75) is 43.9 Å². The van der Waals surface area contributed by atoms with Gasteiger partial charge in [0.25, 0.3) is 0 Å². The Balaban J connectivity index is 1.53. The molecule has 1 aliphatic carbocycles.